The van der Waals surface area contributed by atoms with Crippen molar-refractivity contribution in [3.05, 3.63) is 56.9 Å². The lowest BCUT2D eigenvalue weighted by atomic mass is 10.0. The number of para-hydroxylation sites is 1. The van der Waals surface area contributed by atoms with E-state index < -0.39 is 0 Å². The molecule has 0 spiro atoms. The summed E-state index contributed by atoms with van der Waals surface area (Å²) in [6, 6.07) is 10.2. The quantitative estimate of drug-likeness (QED) is 0.670. The Morgan fingerprint density at radius 1 is 1.08 bits per heavy atom. The van der Waals surface area contributed by atoms with Crippen molar-refractivity contribution < 1.29 is 9.53 Å². The van der Waals surface area contributed by atoms with Gasteiger partial charge in [0.2, 0.25) is 0 Å². The molecule has 4 nitrogen and oxygen atoms in total. The number of benzene rings is 2. The number of ether oxygens (including phenoxy) is 1. The normalized spacial score (nSPS) is 17.5. The minimum Gasteiger partial charge on any atom is -0.458 e. The van der Waals surface area contributed by atoms with E-state index in [1.54, 1.807) is 0 Å². The smallest absolute Gasteiger partial charge is 0.357 e. The maximum absolute atomic E-state index is 12.6. The van der Waals surface area contributed by atoms with Crippen LogP contribution in [0.25, 0.3) is 5.57 Å². The second-order valence-electron chi connectivity index (χ2n) is 7.32. The van der Waals surface area contributed by atoms with Gasteiger partial charge in [-0.2, -0.15) is 0 Å². The van der Waals surface area contributed by atoms with Crippen LogP contribution in [0.4, 0.5) is 11.4 Å². The Balaban J connectivity index is 1.65. The van der Waals surface area contributed by atoms with Crippen LogP contribution in [0.3, 0.4) is 0 Å². The van der Waals surface area contributed by atoms with Crippen molar-refractivity contribution in [1.82, 2.24) is 0 Å². The number of carbonyl (C=O) groups is 1. The molecular formula is C22H20N2O2. The summed E-state index contributed by atoms with van der Waals surface area (Å²) < 4.78 is 5.68. The molecule has 0 amide bonds. The van der Waals surface area contributed by atoms with Crippen molar-refractivity contribution >= 4 is 28.6 Å². The molecule has 2 aromatic rings. The first kappa shape index (κ1) is 15.5. The molecule has 0 unspecified atom stereocenters. The molecule has 1 fully saturated rings. The fourth-order valence-corrected chi connectivity index (χ4v) is 4.35. The van der Waals surface area contributed by atoms with Crippen molar-refractivity contribution in [2.24, 2.45) is 9.98 Å². The Morgan fingerprint density at radius 2 is 1.85 bits per heavy atom. The van der Waals surface area contributed by atoms with E-state index in [-0.39, 0.29) is 12.1 Å². The molecule has 130 valence electrons. The van der Waals surface area contributed by atoms with E-state index in [4.69, 9.17) is 9.73 Å². The molecule has 0 radical (unpaired) electrons. The van der Waals surface area contributed by atoms with E-state index in [0.717, 1.165) is 69.2 Å². The Bertz CT molecular complexity index is 1200. The highest BCUT2D eigenvalue weighted by Gasteiger charge is 2.27. The monoisotopic (exact) mass is 344 g/mol. The number of fused-ring (bicyclic) bond motifs is 3. The van der Waals surface area contributed by atoms with E-state index in [1.807, 2.05) is 25.1 Å². The predicted octanol–water partition coefficient (Wildman–Crippen LogP) is 3.29. The summed E-state index contributed by atoms with van der Waals surface area (Å²) in [4.78, 5) is 22.1. The number of rotatable bonds is 2. The maximum atomic E-state index is 12.6. The van der Waals surface area contributed by atoms with E-state index in [1.165, 1.54) is 0 Å². The van der Waals surface area contributed by atoms with Gasteiger partial charge < -0.3 is 4.74 Å². The molecule has 5 rings (SSSR count). The largest absolute Gasteiger partial charge is 0.458 e. The Kier molecular flexibility index (Phi) is 3.36. The third kappa shape index (κ3) is 2.18. The van der Waals surface area contributed by atoms with Gasteiger partial charge in [-0.05, 0) is 62.8 Å². The van der Waals surface area contributed by atoms with Gasteiger partial charge in [-0.15, -0.1) is 0 Å². The summed E-state index contributed by atoms with van der Waals surface area (Å²) in [5.74, 6) is -0.289. The lowest BCUT2D eigenvalue weighted by molar-refractivity contribution is -0.140. The summed E-state index contributed by atoms with van der Waals surface area (Å²) >= 11 is 0. The zero-order valence-corrected chi connectivity index (χ0v) is 15.0. The predicted molar refractivity (Wildman–Crippen MR) is 100 cm³/mol. The van der Waals surface area contributed by atoms with Gasteiger partial charge in [-0.25, -0.2) is 14.8 Å². The van der Waals surface area contributed by atoms with Gasteiger partial charge in [-0.3, -0.25) is 0 Å². The van der Waals surface area contributed by atoms with Gasteiger partial charge >= 0.3 is 5.97 Å². The third-order valence-corrected chi connectivity index (χ3v) is 5.68. The molecule has 1 saturated carbocycles. The van der Waals surface area contributed by atoms with E-state index in [9.17, 15) is 4.79 Å². The highest BCUT2D eigenvalue weighted by molar-refractivity contribution is 6.53. The van der Waals surface area contributed by atoms with Crippen molar-refractivity contribution in [3.63, 3.8) is 0 Å². The number of esters is 1. The van der Waals surface area contributed by atoms with Crippen LogP contribution in [0, 0.1) is 17.4 Å². The summed E-state index contributed by atoms with van der Waals surface area (Å²) in [5.41, 5.74) is 4.27. The SMILES string of the molecule is CC1=c2c(cc3c(c2C)N=c2ccccc2=3)N=C1C(=O)OC1CCCC1. The standard InChI is InChI=1S/C22H20N2O2/c1-12-19-13(2)21(22(25)26-14-7-3-4-8-14)24-18(19)11-16-15-9-5-6-10-17(15)23-20(12)16/h5-6,9-11,14H,3-4,7-8H2,1-2H3. The summed E-state index contributed by atoms with van der Waals surface area (Å²) in [6.07, 6.45) is 4.26. The molecule has 3 aliphatic rings. The molecule has 0 saturated heterocycles. The molecule has 1 aliphatic carbocycles. The van der Waals surface area contributed by atoms with E-state index in [0.29, 0.717) is 5.71 Å². The molecule has 0 atom stereocenters. The number of aliphatic imine (C=N–C) groups is 1. The average molecular weight is 344 g/mol. The first-order valence-electron chi connectivity index (χ1n) is 9.26. The van der Waals surface area contributed by atoms with Crippen LogP contribution in [0.1, 0.15) is 38.2 Å². The lowest BCUT2D eigenvalue weighted by Crippen LogP contribution is -2.23. The molecule has 26 heavy (non-hydrogen) atoms. The highest BCUT2D eigenvalue weighted by atomic mass is 16.5. The van der Waals surface area contributed by atoms with E-state index >= 15 is 0 Å². The zero-order chi connectivity index (χ0) is 17.8. The maximum Gasteiger partial charge on any atom is 0.357 e. The van der Waals surface area contributed by atoms with Gasteiger partial charge in [0.15, 0.2) is 5.71 Å². The second kappa shape index (κ2) is 5.63. The van der Waals surface area contributed by atoms with Gasteiger partial charge in [0.1, 0.15) is 6.10 Å². The average Bonchev–Trinajstić information content (AvgIpc) is 3.34. The molecule has 0 N–H and O–H groups in total. The highest BCUT2D eigenvalue weighted by Crippen LogP contribution is 2.29. The first-order chi connectivity index (χ1) is 12.6. The lowest BCUT2D eigenvalue weighted by Gasteiger charge is -2.11. The Labute approximate surface area is 151 Å². The van der Waals surface area contributed by atoms with Crippen LogP contribution in [-0.2, 0) is 9.53 Å². The second-order valence-corrected chi connectivity index (χ2v) is 7.32. The van der Waals surface area contributed by atoms with Crippen LogP contribution >= 0.6 is 0 Å². The van der Waals surface area contributed by atoms with Gasteiger partial charge in [0.05, 0.1) is 16.7 Å². The molecule has 2 aromatic carbocycles. The van der Waals surface area contributed by atoms with Crippen LogP contribution in [0.15, 0.2) is 40.3 Å². The topological polar surface area (TPSA) is 51.0 Å². The molecule has 2 heterocycles. The number of hydrogen-bond donors (Lipinski definition) is 0. The number of carbonyl (C=O) groups excluding carboxylic acids is 1. The van der Waals surface area contributed by atoms with Gasteiger partial charge in [-0.1, -0.05) is 18.2 Å². The summed E-state index contributed by atoms with van der Waals surface area (Å²) in [6.45, 7) is 4.03. The van der Waals surface area contributed by atoms with Crippen molar-refractivity contribution in [3.8, 4) is 0 Å². The Hall–Kier alpha value is -2.75. The summed E-state index contributed by atoms with van der Waals surface area (Å²) in [5, 5.41) is 4.25. The molecule has 0 bridgehead atoms. The van der Waals surface area contributed by atoms with Crippen LogP contribution < -0.4 is 10.6 Å². The Morgan fingerprint density at radius 3 is 2.65 bits per heavy atom. The number of hydrogen-bond acceptors (Lipinski definition) is 4. The minimum absolute atomic E-state index is 0.0506. The molecule has 0 aromatic heterocycles. The van der Waals surface area contributed by atoms with Crippen molar-refractivity contribution in [1.29, 1.82) is 0 Å². The van der Waals surface area contributed by atoms with Crippen LogP contribution in [0.2, 0.25) is 0 Å². The van der Waals surface area contributed by atoms with Gasteiger partial charge in [0.25, 0.3) is 0 Å². The third-order valence-electron chi connectivity index (χ3n) is 5.68. The molecule has 2 aliphatic heterocycles. The van der Waals surface area contributed by atoms with Crippen LogP contribution in [-0.4, -0.2) is 17.8 Å². The van der Waals surface area contributed by atoms with E-state index in [2.05, 4.69) is 24.0 Å². The molecular weight excluding hydrogens is 324 g/mol. The minimum atomic E-state index is -0.289. The van der Waals surface area contributed by atoms with Crippen molar-refractivity contribution in [2.75, 3.05) is 0 Å². The fourth-order valence-electron chi connectivity index (χ4n) is 4.35. The summed E-state index contributed by atoms with van der Waals surface area (Å²) in [7, 11) is 0. The molecule has 4 heteroatoms. The van der Waals surface area contributed by atoms with Crippen LogP contribution in [0.5, 0.6) is 0 Å². The fraction of sp³-hybridized carbons (Fsp3) is 0.318. The zero-order valence-electron chi connectivity index (χ0n) is 15.0. The van der Waals surface area contributed by atoms with Crippen molar-refractivity contribution in [2.45, 2.75) is 45.6 Å². The van der Waals surface area contributed by atoms with Gasteiger partial charge in [0, 0.05) is 15.7 Å². The number of nitrogens with zero attached hydrogens (tertiary/aromatic N) is 2. The first-order valence-corrected chi connectivity index (χ1v) is 9.26.